The molecule has 2 amide bonds. The van der Waals surface area contributed by atoms with Crippen LogP contribution in [0.4, 0.5) is 14.5 Å². The SMILES string of the molecule is O=C(Nc1ccccc1F)C1CSC(C2CCCCC2)N1C(=O)c1cccc(F)c1. The Bertz CT molecular complexity index is 933. The molecule has 0 bridgehead atoms. The number of hydrogen-bond acceptors (Lipinski definition) is 3. The van der Waals surface area contributed by atoms with Crippen molar-refractivity contribution >= 4 is 29.3 Å². The van der Waals surface area contributed by atoms with Crippen LogP contribution in [0.1, 0.15) is 42.5 Å². The lowest BCUT2D eigenvalue weighted by atomic mass is 9.88. The molecule has 7 heteroatoms. The molecule has 158 valence electrons. The fourth-order valence-corrected chi connectivity index (χ4v) is 5.96. The Morgan fingerprint density at radius 1 is 1.00 bits per heavy atom. The van der Waals surface area contributed by atoms with Gasteiger partial charge < -0.3 is 10.2 Å². The standard InChI is InChI=1S/C23H24F2N2O2S/c24-17-10-6-9-16(13-17)22(29)27-20(14-30-23(27)15-7-2-1-3-8-15)21(28)26-19-12-5-4-11-18(19)25/h4-6,9-13,15,20,23H,1-3,7-8,14H2,(H,26,28). The molecule has 4 rings (SSSR count). The van der Waals surface area contributed by atoms with Crippen molar-refractivity contribution in [2.45, 2.75) is 43.5 Å². The molecule has 1 saturated carbocycles. The van der Waals surface area contributed by atoms with E-state index in [4.69, 9.17) is 0 Å². The first kappa shape index (κ1) is 20.8. The minimum atomic E-state index is -0.739. The summed E-state index contributed by atoms with van der Waals surface area (Å²) >= 11 is 1.59. The van der Waals surface area contributed by atoms with Crippen molar-refractivity contribution in [2.75, 3.05) is 11.1 Å². The van der Waals surface area contributed by atoms with E-state index in [0.717, 1.165) is 25.7 Å². The van der Waals surface area contributed by atoms with E-state index in [-0.39, 0.29) is 22.5 Å². The molecule has 2 atom stereocenters. The first-order valence-corrected chi connectivity index (χ1v) is 11.3. The van der Waals surface area contributed by atoms with Gasteiger partial charge in [0.1, 0.15) is 17.7 Å². The number of thioether (sulfide) groups is 1. The Morgan fingerprint density at radius 3 is 2.50 bits per heavy atom. The van der Waals surface area contributed by atoms with Crippen LogP contribution in [-0.2, 0) is 4.79 Å². The topological polar surface area (TPSA) is 49.4 Å². The number of halogens is 2. The molecule has 1 N–H and O–H groups in total. The maximum atomic E-state index is 14.0. The molecule has 1 saturated heterocycles. The highest BCUT2D eigenvalue weighted by molar-refractivity contribution is 8.00. The van der Waals surface area contributed by atoms with Gasteiger partial charge >= 0.3 is 0 Å². The second-order valence-electron chi connectivity index (χ2n) is 7.83. The number of rotatable bonds is 4. The molecule has 2 aromatic rings. The predicted octanol–water partition coefficient (Wildman–Crippen LogP) is 5.07. The van der Waals surface area contributed by atoms with Crippen LogP contribution in [0.15, 0.2) is 48.5 Å². The quantitative estimate of drug-likeness (QED) is 0.737. The monoisotopic (exact) mass is 430 g/mol. The summed E-state index contributed by atoms with van der Waals surface area (Å²) in [4.78, 5) is 28.0. The van der Waals surface area contributed by atoms with E-state index in [1.165, 1.54) is 36.8 Å². The van der Waals surface area contributed by atoms with Crippen molar-refractivity contribution in [3.05, 3.63) is 65.7 Å². The molecule has 2 aromatic carbocycles. The highest BCUT2D eigenvalue weighted by Crippen LogP contribution is 2.41. The van der Waals surface area contributed by atoms with Gasteiger partial charge in [0, 0.05) is 11.3 Å². The lowest BCUT2D eigenvalue weighted by Gasteiger charge is -2.35. The number of nitrogens with zero attached hydrogens (tertiary/aromatic N) is 1. The summed E-state index contributed by atoms with van der Waals surface area (Å²) in [7, 11) is 0. The van der Waals surface area contributed by atoms with Crippen LogP contribution in [0, 0.1) is 17.6 Å². The molecule has 0 radical (unpaired) electrons. The molecule has 4 nitrogen and oxygen atoms in total. The zero-order valence-electron chi connectivity index (χ0n) is 16.5. The molecule has 1 aliphatic carbocycles. The van der Waals surface area contributed by atoms with E-state index in [1.807, 2.05) is 0 Å². The molecular weight excluding hydrogens is 406 g/mol. The van der Waals surface area contributed by atoms with Crippen LogP contribution in [0.3, 0.4) is 0 Å². The Hall–Kier alpha value is -2.41. The number of amides is 2. The van der Waals surface area contributed by atoms with Gasteiger partial charge in [-0.2, -0.15) is 0 Å². The third-order valence-electron chi connectivity index (χ3n) is 5.83. The summed E-state index contributed by atoms with van der Waals surface area (Å²) in [5.74, 6) is -1.06. The minimum absolute atomic E-state index is 0.0896. The van der Waals surface area contributed by atoms with E-state index in [0.29, 0.717) is 11.7 Å². The molecule has 2 fully saturated rings. The number of hydrogen-bond donors (Lipinski definition) is 1. The van der Waals surface area contributed by atoms with Crippen LogP contribution < -0.4 is 5.32 Å². The summed E-state index contributed by atoms with van der Waals surface area (Å²) in [6.45, 7) is 0. The Labute approximate surface area is 179 Å². The molecule has 30 heavy (non-hydrogen) atoms. The van der Waals surface area contributed by atoms with Crippen molar-refractivity contribution in [1.82, 2.24) is 4.90 Å². The Morgan fingerprint density at radius 2 is 1.77 bits per heavy atom. The zero-order valence-corrected chi connectivity index (χ0v) is 17.3. The fourth-order valence-electron chi connectivity index (χ4n) is 4.32. The number of benzene rings is 2. The summed E-state index contributed by atoms with van der Waals surface area (Å²) in [5.41, 5.74) is 0.314. The second-order valence-corrected chi connectivity index (χ2v) is 8.98. The minimum Gasteiger partial charge on any atom is -0.322 e. The van der Waals surface area contributed by atoms with Crippen LogP contribution >= 0.6 is 11.8 Å². The van der Waals surface area contributed by atoms with Crippen LogP contribution in [0.2, 0.25) is 0 Å². The van der Waals surface area contributed by atoms with Crippen molar-refractivity contribution in [3.63, 3.8) is 0 Å². The van der Waals surface area contributed by atoms with E-state index < -0.39 is 23.6 Å². The van der Waals surface area contributed by atoms with Crippen LogP contribution in [-0.4, -0.2) is 33.9 Å². The van der Waals surface area contributed by atoms with E-state index >= 15 is 0 Å². The number of anilines is 1. The van der Waals surface area contributed by atoms with Crippen molar-refractivity contribution < 1.29 is 18.4 Å². The molecule has 1 aliphatic heterocycles. The first-order chi connectivity index (χ1) is 14.5. The second kappa shape index (κ2) is 9.16. The number of carbonyl (C=O) groups is 2. The van der Waals surface area contributed by atoms with Gasteiger partial charge in [0.2, 0.25) is 5.91 Å². The largest absolute Gasteiger partial charge is 0.322 e. The maximum Gasteiger partial charge on any atom is 0.255 e. The van der Waals surface area contributed by atoms with Gasteiger partial charge in [0.15, 0.2) is 0 Å². The Kier molecular flexibility index (Phi) is 6.37. The van der Waals surface area contributed by atoms with Gasteiger partial charge in [-0.3, -0.25) is 9.59 Å². The molecule has 0 aromatic heterocycles. The Balaban J connectivity index is 1.62. The van der Waals surface area contributed by atoms with Crippen LogP contribution in [0.25, 0.3) is 0 Å². The van der Waals surface area contributed by atoms with Crippen molar-refractivity contribution in [1.29, 1.82) is 0 Å². The van der Waals surface area contributed by atoms with E-state index in [1.54, 1.807) is 34.9 Å². The van der Waals surface area contributed by atoms with Crippen LogP contribution in [0.5, 0.6) is 0 Å². The average Bonchev–Trinajstić information content (AvgIpc) is 3.21. The molecule has 0 spiro atoms. The van der Waals surface area contributed by atoms with E-state index in [2.05, 4.69) is 5.32 Å². The lowest BCUT2D eigenvalue weighted by Crippen LogP contribution is -2.49. The van der Waals surface area contributed by atoms with Gasteiger partial charge in [-0.1, -0.05) is 37.5 Å². The highest BCUT2D eigenvalue weighted by Gasteiger charge is 2.45. The summed E-state index contributed by atoms with van der Waals surface area (Å²) in [5, 5.41) is 2.49. The van der Waals surface area contributed by atoms with E-state index in [9.17, 15) is 18.4 Å². The molecule has 2 unspecified atom stereocenters. The highest BCUT2D eigenvalue weighted by atomic mass is 32.2. The number of para-hydroxylation sites is 1. The normalized spacial score (nSPS) is 22.1. The van der Waals surface area contributed by atoms with Crippen molar-refractivity contribution in [3.8, 4) is 0 Å². The number of carbonyl (C=O) groups excluding carboxylic acids is 2. The summed E-state index contributed by atoms with van der Waals surface area (Å²) < 4.78 is 27.8. The van der Waals surface area contributed by atoms with Gasteiger partial charge in [-0.05, 0) is 49.1 Å². The van der Waals surface area contributed by atoms with Gasteiger partial charge in [-0.15, -0.1) is 11.8 Å². The predicted molar refractivity (Wildman–Crippen MR) is 114 cm³/mol. The first-order valence-electron chi connectivity index (χ1n) is 10.3. The maximum absolute atomic E-state index is 14.0. The molecule has 1 heterocycles. The number of nitrogens with one attached hydrogen (secondary N) is 1. The summed E-state index contributed by atoms with van der Waals surface area (Å²) in [6.07, 6.45) is 5.41. The average molecular weight is 431 g/mol. The van der Waals surface area contributed by atoms with Crippen molar-refractivity contribution in [2.24, 2.45) is 5.92 Å². The van der Waals surface area contributed by atoms with Gasteiger partial charge in [0.25, 0.3) is 5.91 Å². The summed E-state index contributed by atoms with van der Waals surface area (Å²) in [6, 6.07) is 10.8. The third kappa shape index (κ3) is 4.36. The third-order valence-corrected chi connectivity index (χ3v) is 7.29. The molecule has 2 aliphatic rings. The smallest absolute Gasteiger partial charge is 0.255 e. The lowest BCUT2D eigenvalue weighted by molar-refractivity contribution is -0.120. The fraction of sp³-hybridized carbons (Fsp3) is 0.391. The van der Waals surface area contributed by atoms with Gasteiger partial charge in [0.05, 0.1) is 11.1 Å². The zero-order chi connectivity index (χ0) is 21.1. The molecular formula is C23H24F2N2O2S. The van der Waals surface area contributed by atoms with Gasteiger partial charge in [-0.25, -0.2) is 8.78 Å².